The van der Waals surface area contributed by atoms with Gasteiger partial charge in [0.1, 0.15) is 19.2 Å². The van der Waals surface area contributed by atoms with Gasteiger partial charge in [-0.3, -0.25) is 4.79 Å². The molecule has 0 saturated carbocycles. The summed E-state index contributed by atoms with van der Waals surface area (Å²) in [6.45, 7) is -0.160. The largest absolute Gasteiger partial charge is 0.467 e. The average molecular weight is 354 g/mol. The van der Waals surface area contributed by atoms with E-state index in [0.29, 0.717) is 12.2 Å². The van der Waals surface area contributed by atoms with E-state index in [4.69, 9.17) is 4.74 Å². The third-order valence-electron chi connectivity index (χ3n) is 3.04. The summed E-state index contributed by atoms with van der Waals surface area (Å²) >= 11 is 1.56. The molecule has 0 unspecified atom stereocenters. The number of carbonyl (C=O) groups is 3. The van der Waals surface area contributed by atoms with Gasteiger partial charge in [0.2, 0.25) is 5.91 Å². The van der Waals surface area contributed by atoms with Crippen molar-refractivity contribution in [3.63, 3.8) is 0 Å². The smallest absolute Gasteiger partial charge is 0.407 e. The fraction of sp³-hybridized carbons (Fsp3) is 0.438. The van der Waals surface area contributed by atoms with Gasteiger partial charge in [0.25, 0.3) is 0 Å². The van der Waals surface area contributed by atoms with Crippen LogP contribution in [0.4, 0.5) is 4.79 Å². The number of alkyl carbamates (subject to hydrolysis) is 1. The van der Waals surface area contributed by atoms with E-state index in [0.717, 1.165) is 5.56 Å². The number of esters is 1. The molecule has 0 spiro atoms. The summed E-state index contributed by atoms with van der Waals surface area (Å²) in [6, 6.07) is 8.47. The monoisotopic (exact) mass is 354 g/mol. The van der Waals surface area contributed by atoms with Crippen molar-refractivity contribution >= 4 is 29.7 Å². The Bertz CT molecular complexity index is 539. The van der Waals surface area contributed by atoms with Crippen molar-refractivity contribution < 1.29 is 23.9 Å². The Morgan fingerprint density at radius 2 is 1.92 bits per heavy atom. The zero-order chi connectivity index (χ0) is 17.8. The lowest BCUT2D eigenvalue weighted by Crippen LogP contribution is -2.46. The number of thioether (sulfide) groups is 1. The van der Waals surface area contributed by atoms with Gasteiger partial charge in [-0.1, -0.05) is 30.3 Å². The van der Waals surface area contributed by atoms with Crippen molar-refractivity contribution in [2.45, 2.75) is 19.1 Å². The SMILES string of the molecule is COC(=O)[C@@H](CCSC)NC(=O)CNC(=O)OCc1ccccc1. The minimum atomic E-state index is -0.725. The van der Waals surface area contributed by atoms with Crippen molar-refractivity contribution in [2.24, 2.45) is 0 Å². The summed E-state index contributed by atoms with van der Waals surface area (Å²) in [7, 11) is 1.26. The topological polar surface area (TPSA) is 93.7 Å². The first-order valence-electron chi connectivity index (χ1n) is 7.37. The molecule has 0 aromatic heterocycles. The maximum Gasteiger partial charge on any atom is 0.407 e. The molecule has 2 amide bonds. The van der Waals surface area contributed by atoms with Crippen LogP contribution in [0.15, 0.2) is 30.3 Å². The molecule has 24 heavy (non-hydrogen) atoms. The minimum Gasteiger partial charge on any atom is -0.467 e. The highest BCUT2D eigenvalue weighted by Gasteiger charge is 2.21. The summed E-state index contributed by atoms with van der Waals surface area (Å²) in [4.78, 5) is 35.0. The Morgan fingerprint density at radius 3 is 2.54 bits per heavy atom. The van der Waals surface area contributed by atoms with Crippen LogP contribution in [0.3, 0.4) is 0 Å². The van der Waals surface area contributed by atoms with E-state index in [1.165, 1.54) is 7.11 Å². The number of amides is 2. The first-order valence-corrected chi connectivity index (χ1v) is 8.77. The van der Waals surface area contributed by atoms with Gasteiger partial charge in [0, 0.05) is 0 Å². The number of methoxy groups -OCH3 is 1. The van der Waals surface area contributed by atoms with Crippen molar-refractivity contribution in [2.75, 3.05) is 25.7 Å². The van der Waals surface area contributed by atoms with E-state index < -0.39 is 24.0 Å². The molecule has 7 nitrogen and oxygen atoms in total. The van der Waals surface area contributed by atoms with Crippen molar-refractivity contribution in [3.8, 4) is 0 Å². The molecule has 1 atom stereocenters. The molecular weight excluding hydrogens is 332 g/mol. The van der Waals surface area contributed by atoms with Crippen LogP contribution < -0.4 is 10.6 Å². The Hall–Kier alpha value is -2.22. The average Bonchev–Trinajstić information content (AvgIpc) is 2.61. The van der Waals surface area contributed by atoms with Crippen LogP contribution in [-0.2, 0) is 25.7 Å². The predicted molar refractivity (Wildman–Crippen MR) is 91.6 cm³/mol. The quantitative estimate of drug-likeness (QED) is 0.650. The van der Waals surface area contributed by atoms with Crippen LogP contribution in [0.2, 0.25) is 0 Å². The fourth-order valence-electron chi connectivity index (χ4n) is 1.80. The maximum atomic E-state index is 11.8. The molecule has 0 saturated heterocycles. The minimum absolute atomic E-state index is 0.118. The Kier molecular flexibility index (Phi) is 9.36. The van der Waals surface area contributed by atoms with E-state index in [9.17, 15) is 14.4 Å². The Balaban J connectivity index is 2.32. The molecule has 0 bridgehead atoms. The maximum absolute atomic E-state index is 11.8. The van der Waals surface area contributed by atoms with E-state index in [-0.39, 0.29) is 13.2 Å². The molecule has 1 aromatic carbocycles. The van der Waals surface area contributed by atoms with E-state index in [2.05, 4.69) is 15.4 Å². The summed E-state index contributed by atoms with van der Waals surface area (Å²) in [5.74, 6) is -0.292. The zero-order valence-corrected chi connectivity index (χ0v) is 14.6. The lowest BCUT2D eigenvalue weighted by molar-refractivity contribution is -0.145. The molecule has 0 radical (unpaired) electrons. The highest BCUT2D eigenvalue weighted by atomic mass is 32.2. The molecule has 132 valence electrons. The molecule has 1 rings (SSSR count). The molecule has 0 aliphatic carbocycles. The number of rotatable bonds is 9. The molecule has 0 aliphatic rings. The zero-order valence-electron chi connectivity index (χ0n) is 13.7. The number of carbonyl (C=O) groups excluding carboxylic acids is 3. The molecule has 0 fully saturated rings. The summed E-state index contributed by atoms with van der Waals surface area (Å²) in [6.07, 6.45) is 1.66. The number of benzene rings is 1. The van der Waals surface area contributed by atoms with E-state index in [1.54, 1.807) is 11.8 Å². The normalized spacial score (nSPS) is 11.2. The van der Waals surface area contributed by atoms with Crippen LogP contribution in [0.5, 0.6) is 0 Å². The Morgan fingerprint density at radius 1 is 1.21 bits per heavy atom. The first-order chi connectivity index (χ1) is 11.6. The third kappa shape index (κ3) is 7.87. The van der Waals surface area contributed by atoms with E-state index >= 15 is 0 Å². The van der Waals surface area contributed by atoms with Crippen LogP contribution >= 0.6 is 11.8 Å². The summed E-state index contributed by atoms with van der Waals surface area (Å²) in [5.41, 5.74) is 0.847. The predicted octanol–water partition coefficient (Wildman–Crippen LogP) is 1.32. The number of hydrogen-bond acceptors (Lipinski definition) is 6. The molecule has 2 N–H and O–H groups in total. The standard InChI is InChI=1S/C16H22N2O5S/c1-22-15(20)13(8-9-24-2)18-14(19)10-17-16(21)23-11-12-6-4-3-5-7-12/h3-7,13H,8-11H2,1-2H3,(H,17,21)(H,18,19)/t13-/m1/s1. The molecule has 1 aromatic rings. The highest BCUT2D eigenvalue weighted by molar-refractivity contribution is 7.98. The van der Waals surface area contributed by atoms with Crippen LogP contribution in [0.1, 0.15) is 12.0 Å². The second kappa shape index (κ2) is 11.3. The van der Waals surface area contributed by atoms with Gasteiger partial charge in [-0.2, -0.15) is 11.8 Å². The van der Waals surface area contributed by atoms with Gasteiger partial charge in [0.15, 0.2) is 0 Å². The van der Waals surface area contributed by atoms with E-state index in [1.807, 2.05) is 36.6 Å². The molecular formula is C16H22N2O5S. The first kappa shape index (κ1) is 19.8. The van der Waals surface area contributed by atoms with Crippen LogP contribution in [0.25, 0.3) is 0 Å². The van der Waals surface area contributed by atoms with Crippen molar-refractivity contribution in [1.82, 2.24) is 10.6 Å². The third-order valence-corrected chi connectivity index (χ3v) is 3.68. The lowest BCUT2D eigenvalue weighted by atomic mass is 10.2. The Labute approximate surface area is 145 Å². The second-order valence-electron chi connectivity index (χ2n) is 4.84. The van der Waals surface area contributed by atoms with Gasteiger partial charge in [-0.25, -0.2) is 9.59 Å². The van der Waals surface area contributed by atoms with Gasteiger partial charge in [0.05, 0.1) is 7.11 Å². The number of hydrogen-bond donors (Lipinski definition) is 2. The number of ether oxygens (including phenoxy) is 2. The lowest BCUT2D eigenvalue weighted by Gasteiger charge is -2.16. The highest BCUT2D eigenvalue weighted by Crippen LogP contribution is 2.02. The second-order valence-corrected chi connectivity index (χ2v) is 5.83. The summed E-state index contributed by atoms with van der Waals surface area (Å²) < 4.78 is 9.64. The van der Waals surface area contributed by atoms with Crippen molar-refractivity contribution in [3.05, 3.63) is 35.9 Å². The van der Waals surface area contributed by atoms with Gasteiger partial charge < -0.3 is 20.1 Å². The van der Waals surface area contributed by atoms with Crippen LogP contribution in [0, 0.1) is 0 Å². The van der Waals surface area contributed by atoms with Gasteiger partial charge in [-0.15, -0.1) is 0 Å². The summed E-state index contributed by atoms with van der Waals surface area (Å²) in [5, 5.41) is 4.88. The van der Waals surface area contributed by atoms with Gasteiger partial charge >= 0.3 is 12.1 Å². The molecule has 8 heteroatoms. The van der Waals surface area contributed by atoms with Crippen molar-refractivity contribution in [1.29, 1.82) is 0 Å². The number of nitrogens with one attached hydrogen (secondary N) is 2. The van der Waals surface area contributed by atoms with Crippen LogP contribution in [-0.4, -0.2) is 49.7 Å². The molecule has 0 heterocycles. The fourth-order valence-corrected chi connectivity index (χ4v) is 2.27. The van der Waals surface area contributed by atoms with Gasteiger partial charge in [-0.05, 0) is 24.0 Å². The molecule has 0 aliphatic heterocycles.